The number of hydrogen-bond donors (Lipinski definition) is 4. The first-order valence-corrected chi connectivity index (χ1v) is 7.39. The zero-order valence-corrected chi connectivity index (χ0v) is 12.8. The minimum Gasteiger partial charge on any atom is -0.330 e. The van der Waals surface area contributed by atoms with Crippen molar-refractivity contribution in [1.29, 1.82) is 0 Å². The van der Waals surface area contributed by atoms with E-state index in [1.807, 2.05) is 0 Å². The molecule has 0 aliphatic rings. The van der Waals surface area contributed by atoms with Gasteiger partial charge in [-0.3, -0.25) is 14.9 Å². The number of Topliss-reactive ketones (excluding diaryl/α,β-unsaturated/α-hetero) is 2. The van der Waals surface area contributed by atoms with Gasteiger partial charge in [0.1, 0.15) is 5.54 Å². The zero-order valence-electron chi connectivity index (χ0n) is 12.8. The second-order valence-electron chi connectivity index (χ2n) is 5.08. The number of nitrogens with one attached hydrogen (secondary N) is 2. The molecule has 0 saturated heterocycles. The van der Waals surface area contributed by atoms with Crippen molar-refractivity contribution in [2.45, 2.75) is 45.1 Å². The largest absolute Gasteiger partial charge is 0.330 e. The van der Waals surface area contributed by atoms with E-state index in [2.05, 4.69) is 10.6 Å². The van der Waals surface area contributed by atoms with Gasteiger partial charge >= 0.3 is 0 Å². The summed E-state index contributed by atoms with van der Waals surface area (Å²) in [6.45, 7) is 6.37. The Morgan fingerprint density at radius 3 is 1.90 bits per heavy atom. The molecule has 0 bridgehead atoms. The number of ketones is 2. The normalized spacial score (nSPS) is 11.6. The van der Waals surface area contributed by atoms with Crippen LogP contribution >= 0.6 is 0 Å². The fourth-order valence-electron chi connectivity index (χ4n) is 2.17. The first kappa shape index (κ1) is 19.2. The summed E-state index contributed by atoms with van der Waals surface area (Å²) in [5.41, 5.74) is 9.81. The second kappa shape index (κ2) is 10.9. The Labute approximate surface area is 122 Å². The third-order valence-corrected chi connectivity index (χ3v) is 3.47. The highest BCUT2D eigenvalue weighted by atomic mass is 16.2. The van der Waals surface area contributed by atoms with Gasteiger partial charge in [-0.1, -0.05) is 0 Å². The van der Waals surface area contributed by atoms with Crippen LogP contribution < -0.4 is 22.1 Å². The first-order valence-electron chi connectivity index (χ1n) is 7.39. The Morgan fingerprint density at radius 1 is 0.900 bits per heavy atom. The van der Waals surface area contributed by atoms with E-state index in [0.717, 1.165) is 32.4 Å². The molecule has 118 valence electrons. The maximum absolute atomic E-state index is 11.9. The molecule has 0 aromatic rings. The van der Waals surface area contributed by atoms with Crippen molar-refractivity contribution in [3.8, 4) is 0 Å². The van der Waals surface area contributed by atoms with Crippen molar-refractivity contribution in [3.63, 3.8) is 0 Å². The summed E-state index contributed by atoms with van der Waals surface area (Å²) in [4.78, 5) is 23.8. The number of carbonyl (C=O) groups is 2. The van der Waals surface area contributed by atoms with Crippen molar-refractivity contribution < 1.29 is 9.59 Å². The Kier molecular flexibility index (Phi) is 10.5. The van der Waals surface area contributed by atoms with Gasteiger partial charge in [0.2, 0.25) is 0 Å². The summed E-state index contributed by atoms with van der Waals surface area (Å²) in [6.07, 6.45) is 2.95. The van der Waals surface area contributed by atoms with Crippen LogP contribution in [0.1, 0.15) is 39.5 Å². The third-order valence-electron chi connectivity index (χ3n) is 3.47. The van der Waals surface area contributed by atoms with E-state index in [1.165, 1.54) is 13.8 Å². The van der Waals surface area contributed by atoms with E-state index < -0.39 is 5.54 Å². The molecule has 6 N–H and O–H groups in total. The lowest BCUT2D eigenvalue weighted by molar-refractivity contribution is -0.134. The van der Waals surface area contributed by atoms with E-state index in [9.17, 15) is 9.59 Å². The molecule has 0 rings (SSSR count). The van der Waals surface area contributed by atoms with E-state index in [0.29, 0.717) is 26.1 Å². The SMILES string of the molecule is CC(=O)C(CCCNCCCN)(NCCCN)C(C)=O. The Balaban J connectivity index is 4.36. The highest BCUT2D eigenvalue weighted by Crippen LogP contribution is 2.16. The molecular formula is C14H30N4O2. The van der Waals surface area contributed by atoms with Gasteiger partial charge in [-0.25, -0.2) is 0 Å². The van der Waals surface area contributed by atoms with Crippen LogP contribution in [0.15, 0.2) is 0 Å². The van der Waals surface area contributed by atoms with Crippen molar-refractivity contribution >= 4 is 11.6 Å². The minimum absolute atomic E-state index is 0.121. The van der Waals surface area contributed by atoms with Gasteiger partial charge in [-0.15, -0.1) is 0 Å². The molecule has 6 nitrogen and oxygen atoms in total. The molecule has 0 aliphatic carbocycles. The standard InChI is InChI=1S/C14H30N4O2/c1-12(19)14(13(2)20,18-11-5-8-16)6-3-9-17-10-4-7-15/h17-18H,3-11,15-16H2,1-2H3. The van der Waals surface area contributed by atoms with Crippen molar-refractivity contribution in [1.82, 2.24) is 10.6 Å². The summed E-state index contributed by atoms with van der Waals surface area (Å²) < 4.78 is 0. The van der Waals surface area contributed by atoms with Gasteiger partial charge in [0.05, 0.1) is 0 Å². The van der Waals surface area contributed by atoms with Crippen LogP contribution in [0.4, 0.5) is 0 Å². The predicted octanol–water partition coefficient (Wildman–Crippen LogP) is -0.440. The predicted molar refractivity (Wildman–Crippen MR) is 81.5 cm³/mol. The lowest BCUT2D eigenvalue weighted by Gasteiger charge is -2.30. The van der Waals surface area contributed by atoms with Crippen LogP contribution in [0, 0.1) is 0 Å². The molecule has 6 heteroatoms. The quantitative estimate of drug-likeness (QED) is 0.270. The number of rotatable bonds is 13. The van der Waals surface area contributed by atoms with Crippen LogP contribution in [-0.2, 0) is 9.59 Å². The lowest BCUT2D eigenvalue weighted by atomic mass is 9.85. The third kappa shape index (κ3) is 6.56. The van der Waals surface area contributed by atoms with Crippen molar-refractivity contribution in [2.75, 3.05) is 32.7 Å². The van der Waals surface area contributed by atoms with E-state index >= 15 is 0 Å². The van der Waals surface area contributed by atoms with Crippen LogP contribution in [0.5, 0.6) is 0 Å². The molecule has 0 atom stereocenters. The molecular weight excluding hydrogens is 256 g/mol. The maximum Gasteiger partial charge on any atom is 0.157 e. The zero-order chi connectivity index (χ0) is 15.4. The summed E-state index contributed by atoms with van der Waals surface area (Å²) in [7, 11) is 0. The average Bonchev–Trinajstić information content (AvgIpc) is 2.40. The Bertz CT molecular complexity index is 281. The van der Waals surface area contributed by atoms with Crippen LogP contribution in [0.3, 0.4) is 0 Å². The molecule has 0 radical (unpaired) electrons. The summed E-state index contributed by atoms with van der Waals surface area (Å²) in [6, 6.07) is 0. The summed E-state index contributed by atoms with van der Waals surface area (Å²) in [5, 5.41) is 6.36. The van der Waals surface area contributed by atoms with Gasteiger partial charge in [0.25, 0.3) is 0 Å². The lowest BCUT2D eigenvalue weighted by Crippen LogP contribution is -2.57. The molecule has 0 heterocycles. The number of nitrogens with two attached hydrogens (primary N) is 2. The highest BCUT2D eigenvalue weighted by molar-refractivity contribution is 6.09. The molecule has 20 heavy (non-hydrogen) atoms. The monoisotopic (exact) mass is 286 g/mol. The average molecular weight is 286 g/mol. The Morgan fingerprint density at radius 2 is 1.40 bits per heavy atom. The molecule has 0 spiro atoms. The van der Waals surface area contributed by atoms with Crippen LogP contribution in [0.2, 0.25) is 0 Å². The fourth-order valence-corrected chi connectivity index (χ4v) is 2.17. The summed E-state index contributed by atoms with van der Waals surface area (Å²) >= 11 is 0. The van der Waals surface area contributed by atoms with Gasteiger partial charge in [-0.2, -0.15) is 0 Å². The molecule has 0 amide bonds. The van der Waals surface area contributed by atoms with Gasteiger partial charge in [0.15, 0.2) is 11.6 Å². The Hall–Kier alpha value is -0.820. The molecule has 0 aliphatic heterocycles. The van der Waals surface area contributed by atoms with E-state index in [1.54, 1.807) is 0 Å². The van der Waals surface area contributed by atoms with Crippen molar-refractivity contribution in [2.24, 2.45) is 11.5 Å². The topological polar surface area (TPSA) is 110 Å². The first-order chi connectivity index (χ1) is 9.51. The molecule has 0 aromatic heterocycles. The number of hydrogen-bond acceptors (Lipinski definition) is 6. The highest BCUT2D eigenvalue weighted by Gasteiger charge is 2.38. The smallest absolute Gasteiger partial charge is 0.157 e. The number of carbonyl (C=O) groups excluding carboxylic acids is 2. The van der Waals surface area contributed by atoms with Crippen molar-refractivity contribution in [3.05, 3.63) is 0 Å². The summed E-state index contributed by atoms with van der Waals surface area (Å²) in [5.74, 6) is -0.243. The minimum atomic E-state index is -1.05. The fraction of sp³-hybridized carbons (Fsp3) is 0.857. The molecule has 0 unspecified atom stereocenters. The van der Waals surface area contributed by atoms with Gasteiger partial charge in [0, 0.05) is 0 Å². The van der Waals surface area contributed by atoms with Crippen LogP contribution in [0.25, 0.3) is 0 Å². The van der Waals surface area contributed by atoms with E-state index in [4.69, 9.17) is 11.5 Å². The molecule has 0 fully saturated rings. The molecule has 0 saturated carbocycles. The van der Waals surface area contributed by atoms with Crippen LogP contribution in [-0.4, -0.2) is 49.8 Å². The van der Waals surface area contributed by atoms with Gasteiger partial charge < -0.3 is 16.8 Å². The van der Waals surface area contributed by atoms with Gasteiger partial charge in [-0.05, 0) is 72.3 Å². The van der Waals surface area contributed by atoms with E-state index in [-0.39, 0.29) is 11.6 Å². The second-order valence-corrected chi connectivity index (χ2v) is 5.08. The molecule has 0 aromatic carbocycles. The maximum atomic E-state index is 11.9.